The molecule has 0 spiro atoms. The van der Waals surface area contributed by atoms with Crippen molar-refractivity contribution in [1.29, 1.82) is 0 Å². The van der Waals surface area contributed by atoms with Gasteiger partial charge in [0.2, 0.25) is 0 Å². The van der Waals surface area contributed by atoms with E-state index in [2.05, 4.69) is 18.6 Å². The smallest absolute Gasteiger partial charge is 0.0485 e. The molecule has 0 rings (SSSR count). The van der Waals surface area contributed by atoms with Crippen molar-refractivity contribution in [3.05, 3.63) is 48.7 Å². The molecule has 2 heteroatoms. The van der Waals surface area contributed by atoms with Crippen LogP contribution in [0.3, 0.4) is 0 Å². The van der Waals surface area contributed by atoms with E-state index in [1.807, 2.05) is 25.2 Å². The summed E-state index contributed by atoms with van der Waals surface area (Å²) in [6, 6.07) is 0. The van der Waals surface area contributed by atoms with E-state index in [-0.39, 0.29) is 0 Å². The minimum atomic E-state index is 0.683. The number of nitrogens with one attached hydrogen (secondary N) is 1. The maximum absolute atomic E-state index is 5.17. The lowest BCUT2D eigenvalue weighted by molar-refractivity contribution is 0.909. The summed E-state index contributed by atoms with van der Waals surface area (Å²) in [5.41, 5.74) is 4.09. The van der Waals surface area contributed by atoms with Crippen LogP contribution in [0.4, 0.5) is 0 Å². The van der Waals surface area contributed by atoms with Crippen molar-refractivity contribution in [2.45, 2.75) is 6.92 Å². The molecule has 0 atom stereocenters. The van der Waals surface area contributed by atoms with Crippen molar-refractivity contribution in [1.82, 2.24) is 5.43 Å². The van der Waals surface area contributed by atoms with Gasteiger partial charge in [-0.25, -0.2) is 0 Å². The van der Waals surface area contributed by atoms with Crippen LogP contribution in [0.1, 0.15) is 6.92 Å². The molecule has 0 amide bonds. The summed E-state index contributed by atoms with van der Waals surface area (Å²) in [5, 5.41) is 0. The normalized spacial score (nSPS) is 11.6. The van der Waals surface area contributed by atoms with Gasteiger partial charge in [-0.05, 0) is 12.5 Å². The molecule has 2 nitrogen and oxygen atoms in total. The van der Waals surface area contributed by atoms with Crippen LogP contribution < -0.4 is 11.3 Å². The number of nitrogens with two attached hydrogens (primary N) is 1. The Morgan fingerprint density at radius 3 is 2.55 bits per heavy atom. The fourth-order valence-corrected chi connectivity index (χ4v) is 0.647. The predicted molar refractivity (Wildman–Crippen MR) is 49.6 cm³/mol. The lowest BCUT2D eigenvalue weighted by atomic mass is 10.2. The molecule has 0 fully saturated rings. The molecule has 0 radical (unpaired) electrons. The standard InChI is InChI=1S/C9H14N2/c1-4-6-9(7-5-2)8(3)11-10/h4-7,11H,1,3,10H2,2H3/b7-5-,9-6+. The quantitative estimate of drug-likeness (QED) is 0.363. The second kappa shape index (κ2) is 5.50. The third kappa shape index (κ3) is 3.43. The third-order valence-electron chi connectivity index (χ3n) is 1.17. The number of allylic oxidation sites excluding steroid dienone is 4. The van der Waals surface area contributed by atoms with Gasteiger partial charge in [-0.3, -0.25) is 5.84 Å². The highest BCUT2D eigenvalue weighted by Gasteiger charge is 1.92. The van der Waals surface area contributed by atoms with Crippen LogP contribution in [0.5, 0.6) is 0 Å². The van der Waals surface area contributed by atoms with Gasteiger partial charge < -0.3 is 5.43 Å². The van der Waals surface area contributed by atoms with E-state index in [0.29, 0.717) is 5.70 Å². The summed E-state index contributed by atoms with van der Waals surface area (Å²) >= 11 is 0. The summed E-state index contributed by atoms with van der Waals surface area (Å²) < 4.78 is 0. The van der Waals surface area contributed by atoms with Gasteiger partial charge in [-0.1, -0.05) is 37.5 Å². The molecule has 0 bridgehead atoms. The first kappa shape index (κ1) is 9.72. The van der Waals surface area contributed by atoms with Gasteiger partial charge in [0, 0.05) is 5.70 Å². The van der Waals surface area contributed by atoms with E-state index in [1.54, 1.807) is 6.08 Å². The second-order valence-corrected chi connectivity index (χ2v) is 1.98. The lowest BCUT2D eigenvalue weighted by Gasteiger charge is -2.03. The van der Waals surface area contributed by atoms with Crippen LogP contribution in [-0.4, -0.2) is 0 Å². The molecule has 60 valence electrons. The molecule has 0 heterocycles. The average Bonchev–Trinajstić information content (AvgIpc) is 2.03. The summed E-state index contributed by atoms with van der Waals surface area (Å²) in [4.78, 5) is 0. The molecule has 11 heavy (non-hydrogen) atoms. The fraction of sp³-hybridized carbons (Fsp3) is 0.111. The van der Waals surface area contributed by atoms with Gasteiger partial charge in [0.1, 0.15) is 0 Å². The molecule has 0 saturated heterocycles. The molecule has 0 aromatic carbocycles. The average molecular weight is 150 g/mol. The second-order valence-electron chi connectivity index (χ2n) is 1.98. The van der Waals surface area contributed by atoms with Crippen LogP contribution in [0.15, 0.2) is 48.7 Å². The Hall–Kier alpha value is -1.28. The van der Waals surface area contributed by atoms with Crippen molar-refractivity contribution >= 4 is 0 Å². The van der Waals surface area contributed by atoms with Gasteiger partial charge in [-0.2, -0.15) is 0 Å². The van der Waals surface area contributed by atoms with E-state index in [9.17, 15) is 0 Å². The molecule has 0 saturated carbocycles. The van der Waals surface area contributed by atoms with Crippen LogP contribution in [-0.2, 0) is 0 Å². The Kier molecular flexibility index (Phi) is 4.86. The summed E-state index contributed by atoms with van der Waals surface area (Å²) in [7, 11) is 0. The van der Waals surface area contributed by atoms with E-state index in [0.717, 1.165) is 5.57 Å². The van der Waals surface area contributed by atoms with Crippen LogP contribution >= 0.6 is 0 Å². The minimum absolute atomic E-state index is 0.683. The van der Waals surface area contributed by atoms with Gasteiger partial charge in [0.25, 0.3) is 0 Å². The molecule has 0 aromatic rings. The van der Waals surface area contributed by atoms with E-state index in [4.69, 9.17) is 5.84 Å². The van der Waals surface area contributed by atoms with Crippen molar-refractivity contribution in [2.24, 2.45) is 5.84 Å². The van der Waals surface area contributed by atoms with Crippen LogP contribution in [0.2, 0.25) is 0 Å². The molecular formula is C9H14N2. The van der Waals surface area contributed by atoms with Crippen molar-refractivity contribution in [3.63, 3.8) is 0 Å². The summed E-state index contributed by atoms with van der Waals surface area (Å²) in [6.45, 7) is 9.22. The molecule has 0 aromatic heterocycles. The maximum Gasteiger partial charge on any atom is 0.0485 e. The molecule has 3 N–H and O–H groups in total. The number of hydrazine groups is 1. The van der Waals surface area contributed by atoms with Crippen LogP contribution in [0.25, 0.3) is 0 Å². The van der Waals surface area contributed by atoms with Crippen LogP contribution in [0, 0.1) is 0 Å². The Balaban J connectivity index is 4.46. The predicted octanol–water partition coefficient (Wildman–Crippen LogP) is 1.65. The van der Waals surface area contributed by atoms with E-state index < -0.39 is 0 Å². The molecule has 0 aliphatic heterocycles. The summed E-state index contributed by atoms with van der Waals surface area (Å²) in [6.07, 6.45) is 7.35. The third-order valence-corrected chi connectivity index (χ3v) is 1.17. The van der Waals surface area contributed by atoms with Crippen molar-refractivity contribution < 1.29 is 0 Å². The summed E-state index contributed by atoms with van der Waals surface area (Å²) in [5.74, 6) is 5.17. The van der Waals surface area contributed by atoms with Gasteiger partial charge in [0.15, 0.2) is 0 Å². The Morgan fingerprint density at radius 1 is 1.55 bits per heavy atom. The zero-order valence-electron chi connectivity index (χ0n) is 6.80. The first-order chi connectivity index (χ1) is 5.26. The highest BCUT2D eigenvalue weighted by atomic mass is 15.2. The van der Waals surface area contributed by atoms with Crippen molar-refractivity contribution in [3.8, 4) is 0 Å². The van der Waals surface area contributed by atoms with E-state index >= 15 is 0 Å². The largest absolute Gasteiger partial charge is 0.324 e. The van der Waals surface area contributed by atoms with E-state index in [1.165, 1.54) is 0 Å². The zero-order valence-corrected chi connectivity index (χ0v) is 6.80. The first-order valence-corrected chi connectivity index (χ1v) is 3.37. The fourth-order valence-electron chi connectivity index (χ4n) is 0.647. The molecular weight excluding hydrogens is 136 g/mol. The Labute approximate surface area is 67.8 Å². The minimum Gasteiger partial charge on any atom is -0.324 e. The highest BCUT2D eigenvalue weighted by Crippen LogP contribution is 2.04. The number of hydrogen-bond donors (Lipinski definition) is 2. The molecule has 0 aliphatic rings. The SMILES string of the molecule is C=C/C=C(\C=C/C)C(=C)NN. The lowest BCUT2D eigenvalue weighted by Crippen LogP contribution is -2.20. The first-order valence-electron chi connectivity index (χ1n) is 3.37. The zero-order chi connectivity index (χ0) is 8.69. The highest BCUT2D eigenvalue weighted by molar-refractivity contribution is 5.38. The van der Waals surface area contributed by atoms with Gasteiger partial charge in [0.05, 0.1) is 0 Å². The monoisotopic (exact) mass is 150 g/mol. The topological polar surface area (TPSA) is 38.0 Å². The van der Waals surface area contributed by atoms with Crippen molar-refractivity contribution in [2.75, 3.05) is 0 Å². The number of rotatable bonds is 4. The number of hydrogen-bond acceptors (Lipinski definition) is 2. The molecule has 0 unspecified atom stereocenters. The van der Waals surface area contributed by atoms with Gasteiger partial charge >= 0.3 is 0 Å². The Morgan fingerprint density at radius 2 is 2.18 bits per heavy atom. The van der Waals surface area contributed by atoms with Gasteiger partial charge in [-0.15, -0.1) is 0 Å². The molecule has 0 aliphatic carbocycles. The maximum atomic E-state index is 5.17. The Bertz CT molecular complexity index is 200.